The van der Waals surface area contributed by atoms with Crippen LogP contribution >= 0.6 is 0 Å². The van der Waals surface area contributed by atoms with Crippen LogP contribution in [0.2, 0.25) is 0 Å². The molecule has 0 aromatic heterocycles. The van der Waals surface area contributed by atoms with Gasteiger partial charge in [-0.05, 0) is 24.7 Å². The molecule has 1 fully saturated rings. The van der Waals surface area contributed by atoms with Gasteiger partial charge < -0.3 is 10.1 Å². The maximum absolute atomic E-state index is 14.0. The van der Waals surface area contributed by atoms with E-state index in [4.69, 9.17) is 4.74 Å². The number of hydrogen-bond donors (Lipinski definition) is 1. The number of methoxy groups -OCH3 is 1. The van der Waals surface area contributed by atoms with Gasteiger partial charge in [0.25, 0.3) is 0 Å². The van der Waals surface area contributed by atoms with Crippen molar-refractivity contribution in [2.75, 3.05) is 12.4 Å². The largest absolute Gasteiger partial charge is 0.490 e. The summed E-state index contributed by atoms with van der Waals surface area (Å²) in [5, 5.41) is 14.0. The lowest BCUT2D eigenvalue weighted by Gasteiger charge is -2.21. The highest BCUT2D eigenvalue weighted by atomic mass is 19.1. The molecule has 0 amide bonds. The van der Waals surface area contributed by atoms with Gasteiger partial charge in [-0.2, -0.15) is 0 Å². The van der Waals surface area contributed by atoms with E-state index >= 15 is 0 Å². The lowest BCUT2D eigenvalue weighted by molar-refractivity contribution is -0.385. The second kappa shape index (κ2) is 5.64. The lowest BCUT2D eigenvalue weighted by Crippen LogP contribution is -2.24. The topological polar surface area (TPSA) is 64.4 Å². The Labute approximate surface area is 117 Å². The number of nitro benzene ring substituents is 1. The zero-order valence-electron chi connectivity index (χ0n) is 11.9. The standard InChI is InChI=1S/C14H19FN2O3/c1-8-4-5-11(9(8)2)16-12-7-14(20-3)13(17(18)19)6-10(12)15/h6-9,11,16H,4-5H2,1-3H3. The molecule has 0 bridgehead atoms. The summed E-state index contributed by atoms with van der Waals surface area (Å²) in [7, 11) is 1.34. The van der Waals surface area contributed by atoms with Crippen LogP contribution in [-0.4, -0.2) is 18.1 Å². The fourth-order valence-corrected chi connectivity index (χ4v) is 2.73. The molecule has 1 aliphatic rings. The maximum Gasteiger partial charge on any atom is 0.313 e. The summed E-state index contributed by atoms with van der Waals surface area (Å²) in [6.07, 6.45) is 2.08. The monoisotopic (exact) mass is 282 g/mol. The zero-order valence-corrected chi connectivity index (χ0v) is 11.9. The van der Waals surface area contributed by atoms with E-state index in [9.17, 15) is 14.5 Å². The Morgan fingerprint density at radius 2 is 2.10 bits per heavy atom. The van der Waals surface area contributed by atoms with Crippen molar-refractivity contribution in [1.29, 1.82) is 0 Å². The fourth-order valence-electron chi connectivity index (χ4n) is 2.73. The summed E-state index contributed by atoms with van der Waals surface area (Å²) < 4.78 is 18.9. The highest BCUT2D eigenvalue weighted by Crippen LogP contribution is 2.36. The molecule has 0 saturated heterocycles. The molecule has 3 unspecified atom stereocenters. The first-order valence-corrected chi connectivity index (χ1v) is 6.72. The smallest absolute Gasteiger partial charge is 0.313 e. The molecule has 1 aromatic rings. The van der Waals surface area contributed by atoms with E-state index in [1.165, 1.54) is 13.2 Å². The number of hydrogen-bond acceptors (Lipinski definition) is 4. The van der Waals surface area contributed by atoms with Gasteiger partial charge in [-0.15, -0.1) is 0 Å². The molecule has 110 valence electrons. The molecular weight excluding hydrogens is 263 g/mol. The van der Waals surface area contributed by atoms with Gasteiger partial charge in [0.2, 0.25) is 0 Å². The normalized spacial score (nSPS) is 25.5. The van der Waals surface area contributed by atoms with Crippen LogP contribution in [-0.2, 0) is 0 Å². The van der Waals surface area contributed by atoms with E-state index in [1.807, 2.05) is 0 Å². The summed E-state index contributed by atoms with van der Waals surface area (Å²) in [5.41, 5.74) is -0.0956. The van der Waals surface area contributed by atoms with Crippen molar-refractivity contribution in [1.82, 2.24) is 0 Å². The van der Waals surface area contributed by atoms with E-state index < -0.39 is 10.7 Å². The van der Waals surface area contributed by atoms with Crippen molar-refractivity contribution < 1.29 is 14.1 Å². The van der Waals surface area contributed by atoms with Gasteiger partial charge in [0.05, 0.1) is 23.8 Å². The fraction of sp³-hybridized carbons (Fsp3) is 0.571. The number of ether oxygens (including phenoxy) is 1. The third-order valence-corrected chi connectivity index (χ3v) is 4.27. The minimum absolute atomic E-state index is 0.0672. The number of rotatable bonds is 4. The highest BCUT2D eigenvalue weighted by molar-refractivity contribution is 5.59. The summed E-state index contributed by atoms with van der Waals surface area (Å²) in [6, 6.07) is 2.46. The van der Waals surface area contributed by atoms with Crippen LogP contribution in [0, 0.1) is 27.8 Å². The molecule has 1 aromatic carbocycles. The van der Waals surface area contributed by atoms with Gasteiger partial charge in [-0.1, -0.05) is 13.8 Å². The van der Waals surface area contributed by atoms with Crippen LogP contribution < -0.4 is 10.1 Å². The van der Waals surface area contributed by atoms with Crippen LogP contribution in [0.1, 0.15) is 26.7 Å². The second-order valence-electron chi connectivity index (χ2n) is 5.43. The summed E-state index contributed by atoms with van der Waals surface area (Å²) in [5.74, 6) is 0.480. The Balaban J connectivity index is 2.26. The van der Waals surface area contributed by atoms with Crippen LogP contribution in [0.3, 0.4) is 0 Å². The Morgan fingerprint density at radius 1 is 1.40 bits per heavy atom. The van der Waals surface area contributed by atoms with Gasteiger partial charge in [-0.3, -0.25) is 10.1 Å². The van der Waals surface area contributed by atoms with E-state index in [0.717, 1.165) is 18.9 Å². The van der Waals surface area contributed by atoms with Crippen molar-refractivity contribution in [3.8, 4) is 5.75 Å². The molecule has 6 heteroatoms. The summed E-state index contributed by atoms with van der Waals surface area (Å²) >= 11 is 0. The van der Waals surface area contributed by atoms with Crippen molar-refractivity contribution in [3.05, 3.63) is 28.1 Å². The van der Waals surface area contributed by atoms with Gasteiger partial charge in [0.1, 0.15) is 0 Å². The van der Waals surface area contributed by atoms with Crippen LogP contribution in [0.4, 0.5) is 15.8 Å². The van der Waals surface area contributed by atoms with Crippen molar-refractivity contribution in [3.63, 3.8) is 0 Å². The first kappa shape index (κ1) is 14.6. The second-order valence-corrected chi connectivity index (χ2v) is 5.43. The molecule has 1 aliphatic carbocycles. The average Bonchev–Trinajstić information content (AvgIpc) is 2.72. The van der Waals surface area contributed by atoms with Gasteiger partial charge in [0, 0.05) is 12.1 Å². The summed E-state index contributed by atoms with van der Waals surface area (Å²) in [4.78, 5) is 10.2. The van der Waals surface area contributed by atoms with E-state index in [-0.39, 0.29) is 23.2 Å². The average molecular weight is 282 g/mol. The van der Waals surface area contributed by atoms with Crippen LogP contribution in [0.25, 0.3) is 0 Å². The molecule has 3 atom stereocenters. The van der Waals surface area contributed by atoms with Crippen molar-refractivity contribution in [2.45, 2.75) is 32.7 Å². The minimum atomic E-state index is -0.647. The van der Waals surface area contributed by atoms with Crippen LogP contribution in [0.15, 0.2) is 12.1 Å². The minimum Gasteiger partial charge on any atom is -0.490 e. The molecule has 2 rings (SSSR count). The Morgan fingerprint density at radius 3 is 2.60 bits per heavy atom. The number of nitrogens with one attached hydrogen (secondary N) is 1. The Hall–Kier alpha value is -1.85. The molecule has 0 radical (unpaired) electrons. The Bertz CT molecular complexity index is 521. The maximum atomic E-state index is 14.0. The van der Waals surface area contributed by atoms with Crippen LogP contribution in [0.5, 0.6) is 5.75 Å². The number of nitro groups is 1. The molecule has 0 spiro atoms. The molecule has 5 nitrogen and oxygen atoms in total. The predicted octanol–water partition coefficient (Wildman–Crippen LogP) is 3.59. The molecule has 0 aliphatic heterocycles. The predicted molar refractivity (Wildman–Crippen MR) is 74.6 cm³/mol. The quantitative estimate of drug-likeness (QED) is 0.677. The first-order chi connectivity index (χ1) is 9.43. The zero-order chi connectivity index (χ0) is 14.9. The number of benzene rings is 1. The number of halogens is 1. The molecule has 1 saturated carbocycles. The highest BCUT2D eigenvalue weighted by Gasteiger charge is 2.30. The molecule has 20 heavy (non-hydrogen) atoms. The SMILES string of the molecule is COc1cc(NC2CCC(C)C2C)c(F)cc1[N+](=O)[O-]. The van der Waals surface area contributed by atoms with Gasteiger partial charge in [-0.25, -0.2) is 4.39 Å². The van der Waals surface area contributed by atoms with Gasteiger partial charge >= 0.3 is 5.69 Å². The third kappa shape index (κ3) is 2.69. The van der Waals surface area contributed by atoms with E-state index in [2.05, 4.69) is 19.2 Å². The number of nitrogens with zero attached hydrogens (tertiary/aromatic N) is 1. The first-order valence-electron chi connectivity index (χ1n) is 6.72. The molecule has 1 N–H and O–H groups in total. The summed E-state index contributed by atoms with van der Waals surface area (Å²) in [6.45, 7) is 4.31. The van der Waals surface area contributed by atoms with Crippen molar-refractivity contribution >= 4 is 11.4 Å². The lowest BCUT2D eigenvalue weighted by atomic mass is 9.97. The Kier molecular flexibility index (Phi) is 4.11. The van der Waals surface area contributed by atoms with E-state index in [1.54, 1.807) is 0 Å². The third-order valence-electron chi connectivity index (χ3n) is 4.27. The van der Waals surface area contributed by atoms with E-state index in [0.29, 0.717) is 11.8 Å². The van der Waals surface area contributed by atoms with Crippen molar-refractivity contribution in [2.24, 2.45) is 11.8 Å². The number of anilines is 1. The molecule has 0 heterocycles. The molecular formula is C14H19FN2O3. The van der Waals surface area contributed by atoms with Gasteiger partial charge in [0.15, 0.2) is 11.6 Å².